The van der Waals surface area contributed by atoms with Crippen molar-refractivity contribution in [3.8, 4) is 0 Å². The molecule has 0 atom stereocenters. The number of nitrogens with zero attached hydrogens (tertiary/aromatic N) is 1. The van der Waals surface area contributed by atoms with Crippen LogP contribution in [0.3, 0.4) is 0 Å². The van der Waals surface area contributed by atoms with Crippen LogP contribution in [0.2, 0.25) is 0 Å². The van der Waals surface area contributed by atoms with Gasteiger partial charge < -0.3 is 11.5 Å². The van der Waals surface area contributed by atoms with Crippen molar-refractivity contribution < 1.29 is 0 Å². The van der Waals surface area contributed by atoms with Gasteiger partial charge >= 0.3 is 0 Å². The maximum Gasteiger partial charge on any atom is 0.0771 e. The first-order valence-electron chi connectivity index (χ1n) is 4.41. The molecule has 0 saturated carbocycles. The first kappa shape index (κ1) is 9.99. The normalized spacial score (nSPS) is 11.7. The molecule has 0 aliphatic rings. The Kier molecular flexibility index (Phi) is 2.57. The van der Waals surface area contributed by atoms with E-state index >= 15 is 0 Å². The summed E-state index contributed by atoms with van der Waals surface area (Å²) < 4.78 is 0. The SMILES string of the molecule is CC(C)(C)c1ccc(N)c(CN)n1. The van der Waals surface area contributed by atoms with E-state index in [2.05, 4.69) is 25.8 Å². The van der Waals surface area contributed by atoms with Crippen molar-refractivity contribution >= 4 is 5.69 Å². The lowest BCUT2D eigenvalue weighted by atomic mass is 9.91. The van der Waals surface area contributed by atoms with Crippen LogP contribution in [0.5, 0.6) is 0 Å². The summed E-state index contributed by atoms with van der Waals surface area (Å²) in [7, 11) is 0. The Bertz CT molecular complexity index is 300. The van der Waals surface area contributed by atoms with Gasteiger partial charge in [0.2, 0.25) is 0 Å². The quantitative estimate of drug-likeness (QED) is 0.685. The minimum Gasteiger partial charge on any atom is -0.397 e. The molecule has 1 aromatic heterocycles. The van der Waals surface area contributed by atoms with E-state index in [1.807, 2.05) is 12.1 Å². The summed E-state index contributed by atoms with van der Waals surface area (Å²) in [6, 6.07) is 3.82. The van der Waals surface area contributed by atoms with Gasteiger partial charge in [-0.25, -0.2) is 0 Å². The van der Waals surface area contributed by atoms with Gasteiger partial charge in [-0.1, -0.05) is 20.8 Å². The van der Waals surface area contributed by atoms with Crippen molar-refractivity contribution in [1.82, 2.24) is 4.98 Å². The minimum absolute atomic E-state index is 0.0532. The number of nitrogen functional groups attached to an aromatic ring is 1. The first-order chi connectivity index (χ1) is 5.95. The third-order valence-corrected chi connectivity index (χ3v) is 1.97. The molecular weight excluding hydrogens is 162 g/mol. The van der Waals surface area contributed by atoms with Crippen molar-refractivity contribution in [2.45, 2.75) is 32.7 Å². The van der Waals surface area contributed by atoms with Crippen LogP contribution < -0.4 is 11.5 Å². The van der Waals surface area contributed by atoms with E-state index in [0.717, 1.165) is 11.4 Å². The van der Waals surface area contributed by atoms with Gasteiger partial charge in [-0.15, -0.1) is 0 Å². The molecule has 13 heavy (non-hydrogen) atoms. The lowest BCUT2D eigenvalue weighted by molar-refractivity contribution is 0.566. The summed E-state index contributed by atoms with van der Waals surface area (Å²) in [6.07, 6.45) is 0. The van der Waals surface area contributed by atoms with Crippen molar-refractivity contribution in [2.24, 2.45) is 5.73 Å². The molecule has 0 radical (unpaired) electrons. The smallest absolute Gasteiger partial charge is 0.0771 e. The Balaban J connectivity index is 3.14. The van der Waals surface area contributed by atoms with Gasteiger partial charge in [0.25, 0.3) is 0 Å². The summed E-state index contributed by atoms with van der Waals surface area (Å²) >= 11 is 0. The van der Waals surface area contributed by atoms with Crippen LogP contribution in [0.25, 0.3) is 0 Å². The van der Waals surface area contributed by atoms with E-state index < -0.39 is 0 Å². The predicted molar refractivity (Wildman–Crippen MR) is 55.2 cm³/mol. The monoisotopic (exact) mass is 179 g/mol. The Labute approximate surface area is 79.2 Å². The summed E-state index contributed by atoms with van der Waals surface area (Å²) in [5.74, 6) is 0. The highest BCUT2D eigenvalue weighted by atomic mass is 14.8. The first-order valence-corrected chi connectivity index (χ1v) is 4.41. The maximum absolute atomic E-state index is 5.70. The summed E-state index contributed by atoms with van der Waals surface area (Å²) in [4.78, 5) is 4.41. The molecular formula is C10H17N3. The Morgan fingerprint density at radius 1 is 1.31 bits per heavy atom. The molecule has 0 fully saturated rings. The molecule has 0 bridgehead atoms. The second-order valence-corrected chi connectivity index (χ2v) is 4.19. The molecule has 0 aliphatic carbocycles. The van der Waals surface area contributed by atoms with Gasteiger partial charge in [0, 0.05) is 17.7 Å². The fourth-order valence-electron chi connectivity index (χ4n) is 1.09. The van der Waals surface area contributed by atoms with Crippen LogP contribution >= 0.6 is 0 Å². The van der Waals surface area contributed by atoms with Crippen molar-refractivity contribution in [3.63, 3.8) is 0 Å². The lowest BCUT2D eigenvalue weighted by Crippen LogP contribution is -2.16. The second kappa shape index (κ2) is 3.34. The van der Waals surface area contributed by atoms with Crippen LogP contribution in [-0.2, 0) is 12.0 Å². The van der Waals surface area contributed by atoms with Crippen LogP contribution in [0.1, 0.15) is 32.2 Å². The Morgan fingerprint density at radius 3 is 2.38 bits per heavy atom. The minimum atomic E-state index is 0.0532. The maximum atomic E-state index is 5.70. The molecule has 1 aromatic rings. The fraction of sp³-hybridized carbons (Fsp3) is 0.500. The Morgan fingerprint density at radius 2 is 1.92 bits per heavy atom. The average molecular weight is 179 g/mol. The van der Waals surface area contributed by atoms with Gasteiger partial charge in [0.15, 0.2) is 0 Å². The third-order valence-electron chi connectivity index (χ3n) is 1.97. The van der Waals surface area contributed by atoms with Gasteiger partial charge in [0.1, 0.15) is 0 Å². The number of nitrogens with two attached hydrogens (primary N) is 2. The molecule has 0 amide bonds. The molecule has 72 valence electrons. The number of hydrogen-bond acceptors (Lipinski definition) is 3. The van der Waals surface area contributed by atoms with E-state index in [1.54, 1.807) is 0 Å². The molecule has 4 N–H and O–H groups in total. The number of hydrogen-bond donors (Lipinski definition) is 2. The lowest BCUT2D eigenvalue weighted by Gasteiger charge is -2.18. The van der Waals surface area contributed by atoms with Crippen molar-refractivity contribution in [1.29, 1.82) is 0 Å². The van der Waals surface area contributed by atoms with Gasteiger partial charge in [-0.3, -0.25) is 4.98 Å². The topological polar surface area (TPSA) is 64.9 Å². The van der Waals surface area contributed by atoms with E-state index in [1.165, 1.54) is 0 Å². The Hall–Kier alpha value is -1.09. The van der Waals surface area contributed by atoms with E-state index in [9.17, 15) is 0 Å². The van der Waals surface area contributed by atoms with Gasteiger partial charge in [-0.2, -0.15) is 0 Å². The second-order valence-electron chi connectivity index (χ2n) is 4.19. The highest BCUT2D eigenvalue weighted by Gasteiger charge is 2.16. The van der Waals surface area contributed by atoms with Crippen molar-refractivity contribution in [2.75, 3.05) is 5.73 Å². The zero-order valence-corrected chi connectivity index (χ0v) is 8.46. The van der Waals surface area contributed by atoms with E-state index in [0.29, 0.717) is 12.2 Å². The average Bonchev–Trinajstić information content (AvgIpc) is 2.03. The standard InChI is InChI=1S/C10H17N3/c1-10(2,3)9-5-4-7(12)8(6-11)13-9/h4-5H,6,11-12H2,1-3H3. The summed E-state index contributed by atoms with van der Waals surface area (Å²) in [5.41, 5.74) is 13.8. The largest absolute Gasteiger partial charge is 0.397 e. The molecule has 1 heterocycles. The number of aromatic nitrogens is 1. The number of pyridine rings is 1. The van der Waals surface area contributed by atoms with Gasteiger partial charge in [-0.05, 0) is 12.1 Å². The van der Waals surface area contributed by atoms with Crippen molar-refractivity contribution in [3.05, 3.63) is 23.5 Å². The fourth-order valence-corrected chi connectivity index (χ4v) is 1.09. The number of rotatable bonds is 1. The molecule has 1 rings (SSSR count). The molecule has 0 aliphatic heterocycles. The molecule has 3 nitrogen and oxygen atoms in total. The molecule has 0 aromatic carbocycles. The van der Waals surface area contributed by atoms with Crippen LogP contribution in [0, 0.1) is 0 Å². The highest BCUT2D eigenvalue weighted by molar-refractivity contribution is 5.43. The summed E-state index contributed by atoms with van der Waals surface area (Å²) in [6.45, 7) is 6.75. The van der Waals surface area contributed by atoms with Crippen LogP contribution in [0.4, 0.5) is 5.69 Å². The molecule has 3 heteroatoms. The molecule has 0 unspecified atom stereocenters. The highest BCUT2D eigenvalue weighted by Crippen LogP contribution is 2.21. The van der Waals surface area contributed by atoms with E-state index in [4.69, 9.17) is 11.5 Å². The van der Waals surface area contributed by atoms with Crippen LogP contribution in [-0.4, -0.2) is 4.98 Å². The summed E-state index contributed by atoms with van der Waals surface area (Å²) in [5, 5.41) is 0. The zero-order valence-electron chi connectivity index (χ0n) is 8.46. The predicted octanol–water partition coefficient (Wildman–Crippen LogP) is 1.42. The molecule has 0 spiro atoms. The van der Waals surface area contributed by atoms with Gasteiger partial charge in [0.05, 0.1) is 11.4 Å². The van der Waals surface area contributed by atoms with Crippen LogP contribution in [0.15, 0.2) is 12.1 Å². The number of anilines is 1. The van der Waals surface area contributed by atoms with E-state index in [-0.39, 0.29) is 5.41 Å². The third kappa shape index (κ3) is 2.18. The zero-order chi connectivity index (χ0) is 10.1. The molecule has 0 saturated heterocycles.